The molecule has 5 heteroatoms. The van der Waals surface area contributed by atoms with Crippen molar-refractivity contribution in [2.45, 2.75) is 25.8 Å². The fourth-order valence-electron chi connectivity index (χ4n) is 3.00. The number of carbonyl (C=O) groups is 1. The highest BCUT2D eigenvalue weighted by Gasteiger charge is 2.28. The van der Waals surface area contributed by atoms with E-state index in [1.807, 2.05) is 19.1 Å². The minimum atomic E-state index is -0.0250. The summed E-state index contributed by atoms with van der Waals surface area (Å²) in [6, 6.07) is 6.00. The van der Waals surface area contributed by atoms with E-state index in [2.05, 4.69) is 29.2 Å². The highest BCUT2D eigenvalue weighted by atomic mass is 16.1. The number of hydrogen-bond acceptors (Lipinski definition) is 4. The first-order chi connectivity index (χ1) is 10.0. The lowest BCUT2D eigenvalue weighted by molar-refractivity contribution is 0.0956. The Kier molecular flexibility index (Phi) is 5.07. The van der Waals surface area contributed by atoms with Crippen LogP contribution in [0.25, 0.3) is 0 Å². The molecule has 3 N–H and O–H groups in total. The van der Waals surface area contributed by atoms with Gasteiger partial charge in [-0.15, -0.1) is 0 Å². The van der Waals surface area contributed by atoms with Crippen LogP contribution in [0.3, 0.4) is 0 Å². The van der Waals surface area contributed by atoms with E-state index in [9.17, 15) is 4.79 Å². The van der Waals surface area contributed by atoms with Gasteiger partial charge in [-0.25, -0.2) is 0 Å². The van der Waals surface area contributed by atoms with Crippen molar-refractivity contribution < 1.29 is 4.79 Å². The average Bonchev–Trinajstić information content (AvgIpc) is 2.86. The van der Waals surface area contributed by atoms with Gasteiger partial charge in [-0.1, -0.05) is 0 Å². The van der Waals surface area contributed by atoms with Gasteiger partial charge in [0, 0.05) is 31.4 Å². The van der Waals surface area contributed by atoms with E-state index in [1.165, 1.54) is 0 Å². The number of nitrogen functional groups attached to an aromatic ring is 1. The maximum atomic E-state index is 12.3. The van der Waals surface area contributed by atoms with Crippen molar-refractivity contribution >= 4 is 17.3 Å². The smallest absolute Gasteiger partial charge is 0.253 e. The number of nitrogens with zero attached hydrogens (tertiary/aromatic N) is 2. The number of likely N-dealkylation sites (N-methyl/N-ethyl adjacent to an activating group) is 1. The van der Waals surface area contributed by atoms with E-state index in [1.54, 1.807) is 6.07 Å². The van der Waals surface area contributed by atoms with Crippen molar-refractivity contribution in [3.05, 3.63) is 23.8 Å². The molecule has 1 heterocycles. The SMILES string of the molecule is CCNC(=O)c1ccc(N)cc1N1CCCC1CN(C)C. The monoisotopic (exact) mass is 290 g/mol. The van der Waals surface area contributed by atoms with Gasteiger partial charge in [-0.2, -0.15) is 0 Å². The lowest BCUT2D eigenvalue weighted by Gasteiger charge is -2.30. The highest BCUT2D eigenvalue weighted by molar-refractivity contribution is 6.00. The third kappa shape index (κ3) is 3.67. The van der Waals surface area contributed by atoms with Crippen molar-refractivity contribution in [1.29, 1.82) is 0 Å². The Hall–Kier alpha value is -1.75. The summed E-state index contributed by atoms with van der Waals surface area (Å²) in [6.45, 7) is 4.53. The van der Waals surface area contributed by atoms with Gasteiger partial charge in [0.2, 0.25) is 0 Å². The number of hydrogen-bond donors (Lipinski definition) is 2. The number of rotatable bonds is 5. The van der Waals surface area contributed by atoms with Gasteiger partial charge < -0.3 is 20.9 Å². The number of nitrogens with two attached hydrogens (primary N) is 1. The molecule has 1 aromatic rings. The molecule has 0 aliphatic carbocycles. The minimum Gasteiger partial charge on any atom is -0.399 e. The second-order valence-corrected chi connectivity index (χ2v) is 5.89. The summed E-state index contributed by atoms with van der Waals surface area (Å²) in [6.07, 6.45) is 2.31. The molecule has 2 rings (SSSR count). The van der Waals surface area contributed by atoms with Gasteiger partial charge in [-0.05, 0) is 52.1 Å². The summed E-state index contributed by atoms with van der Waals surface area (Å²) in [7, 11) is 4.17. The van der Waals surface area contributed by atoms with Gasteiger partial charge in [0.15, 0.2) is 0 Å². The van der Waals surface area contributed by atoms with Crippen molar-refractivity contribution in [2.75, 3.05) is 44.4 Å². The van der Waals surface area contributed by atoms with Crippen LogP contribution in [0.5, 0.6) is 0 Å². The predicted octanol–water partition coefficient (Wildman–Crippen LogP) is 1.55. The maximum Gasteiger partial charge on any atom is 0.253 e. The van der Waals surface area contributed by atoms with Gasteiger partial charge >= 0.3 is 0 Å². The number of amides is 1. The Morgan fingerprint density at radius 3 is 2.90 bits per heavy atom. The molecule has 1 aliphatic heterocycles. The number of benzene rings is 1. The summed E-state index contributed by atoms with van der Waals surface area (Å²) in [5.41, 5.74) is 8.33. The molecule has 0 spiro atoms. The maximum absolute atomic E-state index is 12.3. The Bertz CT molecular complexity index is 501. The molecule has 1 atom stereocenters. The van der Waals surface area contributed by atoms with Crippen LogP contribution in [0, 0.1) is 0 Å². The predicted molar refractivity (Wildman–Crippen MR) is 87.8 cm³/mol. The Balaban J connectivity index is 2.32. The molecule has 5 nitrogen and oxygen atoms in total. The normalized spacial score (nSPS) is 18.3. The van der Waals surface area contributed by atoms with Crippen molar-refractivity contribution in [3.63, 3.8) is 0 Å². The number of nitrogens with one attached hydrogen (secondary N) is 1. The quantitative estimate of drug-likeness (QED) is 0.808. The molecule has 1 aromatic carbocycles. The molecule has 1 saturated heterocycles. The van der Waals surface area contributed by atoms with Crippen LogP contribution in [0.15, 0.2) is 18.2 Å². The summed E-state index contributed by atoms with van der Waals surface area (Å²) in [4.78, 5) is 16.8. The van der Waals surface area contributed by atoms with Crippen LogP contribution < -0.4 is 16.0 Å². The lowest BCUT2D eigenvalue weighted by atomic mass is 10.1. The number of carbonyl (C=O) groups excluding carboxylic acids is 1. The molecule has 0 aromatic heterocycles. The molecule has 0 saturated carbocycles. The molecule has 116 valence electrons. The summed E-state index contributed by atoms with van der Waals surface area (Å²) >= 11 is 0. The second kappa shape index (κ2) is 6.80. The van der Waals surface area contributed by atoms with E-state index >= 15 is 0 Å². The topological polar surface area (TPSA) is 61.6 Å². The standard InChI is InChI=1S/C16H26N4O/c1-4-18-16(21)14-8-7-12(17)10-15(14)20-9-5-6-13(20)11-19(2)3/h7-8,10,13H,4-6,9,11,17H2,1-3H3,(H,18,21). The second-order valence-electron chi connectivity index (χ2n) is 5.89. The van der Waals surface area contributed by atoms with Gasteiger partial charge in [0.1, 0.15) is 0 Å². The fourth-order valence-corrected chi connectivity index (χ4v) is 3.00. The third-order valence-electron chi connectivity index (χ3n) is 3.87. The largest absolute Gasteiger partial charge is 0.399 e. The highest BCUT2D eigenvalue weighted by Crippen LogP contribution is 2.30. The van der Waals surface area contributed by atoms with Crippen LogP contribution in [0.2, 0.25) is 0 Å². The first-order valence-electron chi connectivity index (χ1n) is 7.62. The zero-order valence-corrected chi connectivity index (χ0v) is 13.2. The molecule has 21 heavy (non-hydrogen) atoms. The van der Waals surface area contributed by atoms with E-state index in [0.717, 1.165) is 37.2 Å². The van der Waals surface area contributed by atoms with Gasteiger partial charge in [0.05, 0.1) is 11.3 Å². The summed E-state index contributed by atoms with van der Waals surface area (Å²) in [5.74, 6) is -0.0250. The molecule has 1 unspecified atom stereocenters. The van der Waals surface area contributed by atoms with Crippen molar-refractivity contribution in [2.24, 2.45) is 0 Å². The van der Waals surface area contributed by atoms with Crippen LogP contribution in [-0.2, 0) is 0 Å². The molecular formula is C16H26N4O. The first-order valence-corrected chi connectivity index (χ1v) is 7.62. The molecular weight excluding hydrogens is 264 g/mol. The number of anilines is 2. The van der Waals surface area contributed by atoms with E-state index < -0.39 is 0 Å². The summed E-state index contributed by atoms with van der Waals surface area (Å²) < 4.78 is 0. The van der Waals surface area contributed by atoms with Crippen LogP contribution in [0.4, 0.5) is 11.4 Å². The molecule has 1 amide bonds. The van der Waals surface area contributed by atoms with Crippen LogP contribution in [-0.4, -0.2) is 50.6 Å². The first kappa shape index (κ1) is 15.6. The zero-order chi connectivity index (χ0) is 15.4. The average molecular weight is 290 g/mol. The Labute approximate surface area is 127 Å². The lowest BCUT2D eigenvalue weighted by Crippen LogP contribution is -2.39. The molecule has 0 bridgehead atoms. The van der Waals surface area contributed by atoms with Crippen LogP contribution in [0.1, 0.15) is 30.1 Å². The van der Waals surface area contributed by atoms with E-state index in [-0.39, 0.29) is 5.91 Å². The Morgan fingerprint density at radius 2 is 2.24 bits per heavy atom. The van der Waals surface area contributed by atoms with Crippen LogP contribution >= 0.6 is 0 Å². The minimum absolute atomic E-state index is 0.0250. The van der Waals surface area contributed by atoms with E-state index in [4.69, 9.17) is 5.73 Å². The van der Waals surface area contributed by atoms with Crippen molar-refractivity contribution in [3.8, 4) is 0 Å². The molecule has 0 radical (unpaired) electrons. The summed E-state index contributed by atoms with van der Waals surface area (Å²) in [5, 5.41) is 2.88. The zero-order valence-electron chi connectivity index (χ0n) is 13.2. The van der Waals surface area contributed by atoms with Gasteiger partial charge in [0.25, 0.3) is 5.91 Å². The fraction of sp³-hybridized carbons (Fsp3) is 0.562. The molecule has 1 fully saturated rings. The van der Waals surface area contributed by atoms with Gasteiger partial charge in [-0.3, -0.25) is 4.79 Å². The Morgan fingerprint density at radius 1 is 1.48 bits per heavy atom. The third-order valence-corrected chi connectivity index (χ3v) is 3.87. The molecule has 1 aliphatic rings. The van der Waals surface area contributed by atoms with Crippen molar-refractivity contribution in [1.82, 2.24) is 10.2 Å². The van der Waals surface area contributed by atoms with E-state index in [0.29, 0.717) is 18.3 Å².